The molecule has 0 atom stereocenters. The van der Waals surface area contributed by atoms with Crippen LogP contribution >= 0.6 is 11.8 Å². The van der Waals surface area contributed by atoms with Gasteiger partial charge in [-0.1, -0.05) is 12.5 Å². The molecule has 1 fully saturated rings. The Balaban J connectivity index is 1.64. The summed E-state index contributed by atoms with van der Waals surface area (Å²) in [6.45, 7) is 3.93. The number of thioether (sulfide) groups is 1. The molecule has 5 N–H and O–H groups in total. The van der Waals surface area contributed by atoms with Crippen molar-refractivity contribution in [2.24, 2.45) is 5.92 Å². The molecule has 2 heterocycles. The summed E-state index contributed by atoms with van der Waals surface area (Å²) in [5, 5.41) is 2.83. The normalized spacial score (nSPS) is 13.9. The van der Waals surface area contributed by atoms with Gasteiger partial charge in [0.25, 0.3) is 5.56 Å². The Morgan fingerprint density at radius 1 is 1.32 bits per heavy atom. The molecule has 0 spiro atoms. The van der Waals surface area contributed by atoms with Crippen molar-refractivity contribution in [2.45, 2.75) is 51.1 Å². The topological polar surface area (TPSA) is 116 Å². The van der Waals surface area contributed by atoms with Crippen LogP contribution in [0.25, 0.3) is 0 Å². The summed E-state index contributed by atoms with van der Waals surface area (Å²) in [5.41, 5.74) is 14.0. The standard InChI is InChI=1S/C20H27N5O2S/c1-12-8-16(28-11-14-4-3-5-14)19(22)20(27)25(12)10-18(26)23-9-15-6-7-17(21)24-13(15)2/h6-8,14H,3-5,9-11,22H2,1-2H3,(H2,21,24)(H,23,26). The van der Waals surface area contributed by atoms with E-state index in [2.05, 4.69) is 10.3 Å². The minimum Gasteiger partial charge on any atom is -0.393 e. The van der Waals surface area contributed by atoms with Crippen LogP contribution in [-0.4, -0.2) is 21.2 Å². The van der Waals surface area contributed by atoms with Crippen molar-refractivity contribution in [3.8, 4) is 0 Å². The highest BCUT2D eigenvalue weighted by molar-refractivity contribution is 7.99. The van der Waals surface area contributed by atoms with Crippen molar-refractivity contribution in [3.63, 3.8) is 0 Å². The predicted octanol–water partition coefficient (Wildman–Crippen LogP) is 2.23. The number of aryl methyl sites for hydroxylation is 2. The first kappa shape index (κ1) is 20.3. The van der Waals surface area contributed by atoms with Gasteiger partial charge in [-0.15, -0.1) is 11.8 Å². The number of hydrogen-bond acceptors (Lipinski definition) is 6. The number of amides is 1. The van der Waals surface area contributed by atoms with E-state index in [-0.39, 0.29) is 23.7 Å². The van der Waals surface area contributed by atoms with Gasteiger partial charge in [-0.25, -0.2) is 4.98 Å². The fourth-order valence-corrected chi connectivity index (χ4v) is 4.37. The zero-order valence-electron chi connectivity index (χ0n) is 16.3. The van der Waals surface area contributed by atoms with Crippen molar-refractivity contribution in [1.29, 1.82) is 0 Å². The second-order valence-corrected chi connectivity index (χ2v) is 8.38. The molecule has 0 saturated heterocycles. The molecule has 1 aliphatic rings. The van der Waals surface area contributed by atoms with Crippen LogP contribution < -0.4 is 22.3 Å². The maximum absolute atomic E-state index is 12.7. The number of nitrogens with zero attached hydrogens (tertiary/aromatic N) is 2. The lowest BCUT2D eigenvalue weighted by Gasteiger charge is -2.25. The summed E-state index contributed by atoms with van der Waals surface area (Å²) in [6.07, 6.45) is 3.81. The zero-order valence-corrected chi connectivity index (χ0v) is 17.1. The van der Waals surface area contributed by atoms with Crippen molar-refractivity contribution >= 4 is 29.2 Å². The van der Waals surface area contributed by atoms with Gasteiger partial charge in [0, 0.05) is 28.6 Å². The van der Waals surface area contributed by atoms with Crippen LogP contribution in [0.3, 0.4) is 0 Å². The second kappa shape index (κ2) is 8.68. The molecule has 3 rings (SSSR count). The van der Waals surface area contributed by atoms with Gasteiger partial charge < -0.3 is 21.4 Å². The third kappa shape index (κ3) is 4.67. The average molecular weight is 402 g/mol. The summed E-state index contributed by atoms with van der Waals surface area (Å²) in [6, 6.07) is 5.44. The Hall–Kier alpha value is -2.48. The largest absolute Gasteiger partial charge is 0.393 e. The molecule has 0 radical (unpaired) electrons. The van der Waals surface area contributed by atoms with E-state index >= 15 is 0 Å². The first-order valence-corrected chi connectivity index (χ1v) is 10.4. The molecular weight excluding hydrogens is 374 g/mol. The Bertz CT molecular complexity index is 937. The molecule has 150 valence electrons. The molecule has 1 aliphatic carbocycles. The highest BCUT2D eigenvalue weighted by atomic mass is 32.2. The highest BCUT2D eigenvalue weighted by Crippen LogP contribution is 2.33. The average Bonchev–Trinajstić information content (AvgIpc) is 2.60. The number of carbonyl (C=O) groups is 1. The van der Waals surface area contributed by atoms with E-state index in [1.54, 1.807) is 17.8 Å². The van der Waals surface area contributed by atoms with Crippen LogP contribution in [-0.2, 0) is 17.9 Å². The SMILES string of the molecule is Cc1nc(N)ccc1CNC(=O)Cn1c(C)cc(SCC2CCC2)c(N)c1=O. The van der Waals surface area contributed by atoms with Crippen LogP contribution in [0.1, 0.15) is 36.2 Å². The second-order valence-electron chi connectivity index (χ2n) is 7.32. The molecule has 28 heavy (non-hydrogen) atoms. The molecule has 0 unspecified atom stereocenters. The van der Waals surface area contributed by atoms with E-state index in [4.69, 9.17) is 11.5 Å². The summed E-state index contributed by atoms with van der Waals surface area (Å²) in [4.78, 5) is 30.0. The minimum atomic E-state index is -0.309. The van der Waals surface area contributed by atoms with E-state index in [0.29, 0.717) is 12.4 Å². The molecule has 2 aromatic rings. The van der Waals surface area contributed by atoms with Gasteiger partial charge in [-0.2, -0.15) is 0 Å². The minimum absolute atomic E-state index is 0.0656. The lowest BCUT2D eigenvalue weighted by molar-refractivity contribution is -0.121. The number of hydrogen-bond donors (Lipinski definition) is 3. The quantitative estimate of drug-likeness (QED) is 0.613. The number of carbonyl (C=O) groups excluding carboxylic acids is 1. The van der Waals surface area contributed by atoms with Gasteiger partial charge >= 0.3 is 0 Å². The van der Waals surface area contributed by atoms with Gasteiger partial charge in [-0.05, 0) is 50.3 Å². The van der Waals surface area contributed by atoms with Crippen LogP contribution in [0.2, 0.25) is 0 Å². The van der Waals surface area contributed by atoms with E-state index in [0.717, 1.165) is 33.5 Å². The molecule has 1 amide bonds. The van der Waals surface area contributed by atoms with Crippen molar-refractivity contribution in [1.82, 2.24) is 14.9 Å². The van der Waals surface area contributed by atoms with Crippen LogP contribution in [0, 0.1) is 19.8 Å². The lowest BCUT2D eigenvalue weighted by Crippen LogP contribution is -2.34. The molecule has 8 heteroatoms. The third-order valence-electron chi connectivity index (χ3n) is 5.20. The van der Waals surface area contributed by atoms with Gasteiger partial charge in [0.05, 0.1) is 0 Å². The maximum Gasteiger partial charge on any atom is 0.275 e. The van der Waals surface area contributed by atoms with Crippen molar-refractivity contribution in [3.05, 3.63) is 45.5 Å². The molecule has 2 aromatic heterocycles. The molecule has 7 nitrogen and oxygen atoms in total. The number of nitrogens with one attached hydrogen (secondary N) is 1. The smallest absolute Gasteiger partial charge is 0.275 e. The number of nitrogens with two attached hydrogens (primary N) is 2. The number of pyridine rings is 2. The lowest BCUT2D eigenvalue weighted by atomic mass is 9.87. The molecular formula is C20H27N5O2S. The van der Waals surface area contributed by atoms with E-state index in [9.17, 15) is 9.59 Å². The van der Waals surface area contributed by atoms with Crippen molar-refractivity contribution < 1.29 is 4.79 Å². The van der Waals surface area contributed by atoms with E-state index in [1.807, 2.05) is 26.0 Å². The first-order chi connectivity index (χ1) is 13.3. The summed E-state index contributed by atoms with van der Waals surface area (Å²) < 4.78 is 1.42. The molecule has 0 aromatic carbocycles. The van der Waals surface area contributed by atoms with E-state index in [1.165, 1.54) is 23.8 Å². The molecule has 0 aliphatic heterocycles. The number of aromatic nitrogens is 2. The Kier molecular flexibility index (Phi) is 6.28. The monoisotopic (exact) mass is 401 g/mol. The number of rotatable bonds is 7. The molecule has 0 bridgehead atoms. The van der Waals surface area contributed by atoms with Gasteiger partial charge in [0.15, 0.2) is 0 Å². The fraction of sp³-hybridized carbons (Fsp3) is 0.450. The summed E-state index contributed by atoms with van der Waals surface area (Å²) in [5.74, 6) is 1.91. The number of nitrogen functional groups attached to an aromatic ring is 2. The van der Waals surface area contributed by atoms with Gasteiger partial charge in [0.2, 0.25) is 5.91 Å². The Labute approximate surface area is 168 Å². The first-order valence-electron chi connectivity index (χ1n) is 9.46. The van der Waals surface area contributed by atoms with Crippen molar-refractivity contribution in [2.75, 3.05) is 17.2 Å². The van der Waals surface area contributed by atoms with Crippen LogP contribution in [0.4, 0.5) is 11.5 Å². The maximum atomic E-state index is 12.7. The van der Waals surface area contributed by atoms with Crippen LogP contribution in [0.15, 0.2) is 27.9 Å². The zero-order chi connectivity index (χ0) is 20.3. The summed E-state index contributed by atoms with van der Waals surface area (Å²) >= 11 is 1.64. The fourth-order valence-electron chi connectivity index (χ4n) is 3.13. The number of anilines is 2. The Morgan fingerprint density at radius 3 is 2.71 bits per heavy atom. The Morgan fingerprint density at radius 2 is 2.07 bits per heavy atom. The summed E-state index contributed by atoms with van der Waals surface area (Å²) in [7, 11) is 0. The van der Waals surface area contributed by atoms with E-state index < -0.39 is 0 Å². The highest BCUT2D eigenvalue weighted by Gasteiger charge is 2.19. The van der Waals surface area contributed by atoms with Crippen LogP contribution in [0.5, 0.6) is 0 Å². The van der Waals surface area contributed by atoms with Gasteiger partial charge in [0.1, 0.15) is 18.1 Å². The third-order valence-corrected chi connectivity index (χ3v) is 6.49. The van der Waals surface area contributed by atoms with Gasteiger partial charge in [-0.3, -0.25) is 9.59 Å². The predicted molar refractivity (Wildman–Crippen MR) is 113 cm³/mol. The molecule has 1 saturated carbocycles.